The Morgan fingerprint density at radius 3 is 2.50 bits per heavy atom. The van der Waals surface area contributed by atoms with E-state index in [1.165, 1.54) is 0 Å². The molecule has 0 aliphatic rings. The third-order valence-corrected chi connectivity index (χ3v) is 2.44. The fourth-order valence-electron chi connectivity index (χ4n) is 1.55. The largest absolute Gasteiger partial charge is 0.494 e. The van der Waals surface area contributed by atoms with E-state index in [0.717, 1.165) is 17.1 Å². The Kier molecular flexibility index (Phi) is 4.90. The zero-order chi connectivity index (χ0) is 12.0. The van der Waals surface area contributed by atoms with Gasteiger partial charge in [-0.25, -0.2) is 0 Å². The molecule has 0 amide bonds. The summed E-state index contributed by atoms with van der Waals surface area (Å²) in [6, 6.07) is 5.96. The fraction of sp³-hybridized carbons (Fsp3) is 0.429. The summed E-state index contributed by atoms with van der Waals surface area (Å²) in [7, 11) is 0. The lowest BCUT2D eigenvalue weighted by molar-refractivity contribution is 0.320. The SMILES string of the molecule is C=CC(C)c1ccc(OCC)cc1OCC. The van der Waals surface area contributed by atoms with Gasteiger partial charge in [-0.3, -0.25) is 0 Å². The zero-order valence-electron chi connectivity index (χ0n) is 10.3. The molecule has 1 unspecified atom stereocenters. The Morgan fingerprint density at radius 1 is 1.25 bits per heavy atom. The van der Waals surface area contributed by atoms with Crippen LogP contribution < -0.4 is 9.47 Å². The molecule has 1 rings (SSSR count). The smallest absolute Gasteiger partial charge is 0.126 e. The van der Waals surface area contributed by atoms with Crippen molar-refractivity contribution in [3.8, 4) is 11.5 Å². The maximum Gasteiger partial charge on any atom is 0.126 e. The van der Waals surface area contributed by atoms with Crippen LogP contribution in [0.4, 0.5) is 0 Å². The maximum absolute atomic E-state index is 5.62. The molecule has 1 aromatic carbocycles. The molecule has 0 aromatic heterocycles. The van der Waals surface area contributed by atoms with E-state index < -0.39 is 0 Å². The van der Waals surface area contributed by atoms with Gasteiger partial charge in [0.05, 0.1) is 13.2 Å². The predicted molar refractivity (Wildman–Crippen MR) is 67.4 cm³/mol. The molecule has 0 saturated carbocycles. The standard InChI is InChI=1S/C14H20O2/c1-5-11(4)13-9-8-12(15-6-2)10-14(13)16-7-3/h5,8-11H,1,6-7H2,2-4H3. The first-order valence-corrected chi connectivity index (χ1v) is 5.75. The highest BCUT2D eigenvalue weighted by molar-refractivity contribution is 5.43. The molecule has 0 N–H and O–H groups in total. The first kappa shape index (κ1) is 12.6. The van der Waals surface area contributed by atoms with Crippen LogP contribution >= 0.6 is 0 Å². The van der Waals surface area contributed by atoms with Gasteiger partial charge in [0.15, 0.2) is 0 Å². The monoisotopic (exact) mass is 220 g/mol. The topological polar surface area (TPSA) is 18.5 Å². The highest BCUT2D eigenvalue weighted by Crippen LogP contribution is 2.31. The molecule has 1 aromatic rings. The van der Waals surface area contributed by atoms with Gasteiger partial charge in [-0.2, -0.15) is 0 Å². The molecule has 0 spiro atoms. The summed E-state index contributed by atoms with van der Waals surface area (Å²) >= 11 is 0. The Morgan fingerprint density at radius 2 is 1.94 bits per heavy atom. The first-order valence-electron chi connectivity index (χ1n) is 5.75. The summed E-state index contributed by atoms with van der Waals surface area (Å²) in [5.41, 5.74) is 1.15. The van der Waals surface area contributed by atoms with Crippen molar-refractivity contribution in [2.45, 2.75) is 26.7 Å². The van der Waals surface area contributed by atoms with Crippen LogP contribution in [0, 0.1) is 0 Å². The van der Waals surface area contributed by atoms with Crippen LogP contribution in [0.25, 0.3) is 0 Å². The van der Waals surface area contributed by atoms with Crippen LogP contribution in [-0.4, -0.2) is 13.2 Å². The molecule has 0 heterocycles. The Bertz CT molecular complexity index is 345. The minimum Gasteiger partial charge on any atom is -0.494 e. The van der Waals surface area contributed by atoms with Gasteiger partial charge in [-0.1, -0.05) is 19.1 Å². The van der Waals surface area contributed by atoms with Gasteiger partial charge in [0.25, 0.3) is 0 Å². The summed E-state index contributed by atoms with van der Waals surface area (Å²) < 4.78 is 11.1. The van der Waals surface area contributed by atoms with E-state index in [0.29, 0.717) is 13.2 Å². The molecule has 0 saturated heterocycles. The summed E-state index contributed by atoms with van der Waals surface area (Å²) in [5.74, 6) is 2.03. The van der Waals surface area contributed by atoms with Gasteiger partial charge in [0, 0.05) is 17.5 Å². The first-order chi connectivity index (χ1) is 7.72. The van der Waals surface area contributed by atoms with E-state index >= 15 is 0 Å². The molecule has 0 radical (unpaired) electrons. The van der Waals surface area contributed by atoms with Crippen molar-refractivity contribution >= 4 is 0 Å². The van der Waals surface area contributed by atoms with Gasteiger partial charge in [0.2, 0.25) is 0 Å². The van der Waals surface area contributed by atoms with E-state index in [1.807, 2.05) is 38.1 Å². The van der Waals surface area contributed by atoms with Crippen molar-refractivity contribution in [2.75, 3.05) is 13.2 Å². The molecule has 0 bridgehead atoms. The minimum absolute atomic E-state index is 0.289. The average Bonchev–Trinajstić information content (AvgIpc) is 2.29. The second kappa shape index (κ2) is 6.21. The highest BCUT2D eigenvalue weighted by Gasteiger charge is 2.10. The van der Waals surface area contributed by atoms with Gasteiger partial charge >= 0.3 is 0 Å². The summed E-state index contributed by atoms with van der Waals surface area (Å²) in [6.45, 7) is 11.2. The van der Waals surface area contributed by atoms with Crippen molar-refractivity contribution < 1.29 is 9.47 Å². The Balaban J connectivity index is 3.03. The number of benzene rings is 1. The van der Waals surface area contributed by atoms with Crippen molar-refractivity contribution in [1.82, 2.24) is 0 Å². The van der Waals surface area contributed by atoms with Crippen molar-refractivity contribution in [1.29, 1.82) is 0 Å². The van der Waals surface area contributed by atoms with E-state index in [4.69, 9.17) is 9.47 Å². The zero-order valence-corrected chi connectivity index (χ0v) is 10.3. The summed E-state index contributed by atoms with van der Waals surface area (Å²) in [4.78, 5) is 0. The summed E-state index contributed by atoms with van der Waals surface area (Å²) in [5, 5.41) is 0. The van der Waals surface area contributed by atoms with Gasteiger partial charge in [-0.15, -0.1) is 6.58 Å². The van der Waals surface area contributed by atoms with E-state index in [9.17, 15) is 0 Å². The second-order valence-electron chi connectivity index (χ2n) is 3.59. The maximum atomic E-state index is 5.62. The lowest BCUT2D eigenvalue weighted by Gasteiger charge is -2.15. The normalized spacial score (nSPS) is 11.9. The third-order valence-electron chi connectivity index (χ3n) is 2.44. The number of hydrogen-bond acceptors (Lipinski definition) is 2. The van der Waals surface area contributed by atoms with E-state index in [1.54, 1.807) is 0 Å². The van der Waals surface area contributed by atoms with Gasteiger partial charge in [-0.05, 0) is 19.9 Å². The van der Waals surface area contributed by atoms with Crippen LogP contribution in [0.2, 0.25) is 0 Å². The van der Waals surface area contributed by atoms with Crippen LogP contribution in [0.15, 0.2) is 30.9 Å². The van der Waals surface area contributed by atoms with Crippen LogP contribution in [0.5, 0.6) is 11.5 Å². The van der Waals surface area contributed by atoms with Gasteiger partial charge in [0.1, 0.15) is 11.5 Å². The van der Waals surface area contributed by atoms with Crippen LogP contribution in [-0.2, 0) is 0 Å². The molecule has 1 atom stereocenters. The molecule has 0 aliphatic carbocycles. The second-order valence-corrected chi connectivity index (χ2v) is 3.59. The molecule has 0 aliphatic heterocycles. The number of allylic oxidation sites excluding steroid dienone is 1. The van der Waals surface area contributed by atoms with Crippen molar-refractivity contribution in [3.05, 3.63) is 36.4 Å². The lowest BCUT2D eigenvalue weighted by atomic mass is 10.0. The average molecular weight is 220 g/mol. The highest BCUT2D eigenvalue weighted by atomic mass is 16.5. The number of hydrogen-bond donors (Lipinski definition) is 0. The van der Waals surface area contributed by atoms with Gasteiger partial charge < -0.3 is 9.47 Å². The summed E-state index contributed by atoms with van der Waals surface area (Å²) in [6.07, 6.45) is 1.91. The minimum atomic E-state index is 0.289. The van der Waals surface area contributed by atoms with E-state index in [-0.39, 0.29) is 5.92 Å². The van der Waals surface area contributed by atoms with Crippen molar-refractivity contribution in [3.63, 3.8) is 0 Å². The molecule has 2 heteroatoms. The third kappa shape index (κ3) is 3.02. The molecule has 88 valence electrons. The predicted octanol–water partition coefficient (Wildman–Crippen LogP) is 3.77. The molecular formula is C14H20O2. The van der Waals surface area contributed by atoms with Crippen LogP contribution in [0.1, 0.15) is 32.3 Å². The van der Waals surface area contributed by atoms with Crippen molar-refractivity contribution in [2.24, 2.45) is 0 Å². The quantitative estimate of drug-likeness (QED) is 0.679. The molecule has 2 nitrogen and oxygen atoms in total. The number of ether oxygens (including phenoxy) is 2. The lowest BCUT2D eigenvalue weighted by Crippen LogP contribution is -2.00. The molecule has 0 fully saturated rings. The fourth-order valence-corrected chi connectivity index (χ4v) is 1.55. The Labute approximate surface area is 97.9 Å². The molecular weight excluding hydrogens is 200 g/mol. The Hall–Kier alpha value is -1.44. The van der Waals surface area contributed by atoms with E-state index in [2.05, 4.69) is 13.5 Å². The van der Waals surface area contributed by atoms with Crippen LogP contribution in [0.3, 0.4) is 0 Å². The molecule has 16 heavy (non-hydrogen) atoms. The number of rotatable bonds is 6.